The van der Waals surface area contributed by atoms with E-state index in [1.165, 1.54) is 11.0 Å². The Balaban J connectivity index is 3.33. The van der Waals surface area contributed by atoms with Crippen molar-refractivity contribution in [2.45, 2.75) is 98.4 Å². The van der Waals surface area contributed by atoms with E-state index in [-0.39, 0.29) is 23.6 Å². The van der Waals surface area contributed by atoms with Gasteiger partial charge in [0.05, 0.1) is 0 Å². The van der Waals surface area contributed by atoms with Gasteiger partial charge in [-0.3, -0.25) is 9.59 Å². The Kier molecular flexibility index (Phi) is 10.9. The molecular weight excluding hydrogens is 434 g/mol. The number of alkyl carbamates (subject to hydrolysis) is 1. The summed E-state index contributed by atoms with van der Waals surface area (Å²) in [7, 11) is 1.56. The Bertz CT molecular complexity index is 849. The van der Waals surface area contributed by atoms with E-state index in [0.29, 0.717) is 17.5 Å². The van der Waals surface area contributed by atoms with Gasteiger partial charge >= 0.3 is 6.09 Å². The van der Waals surface area contributed by atoms with Crippen molar-refractivity contribution in [2.24, 2.45) is 5.92 Å². The number of carbonyl (C=O) groups excluding carboxylic acids is 3. The molecule has 0 fully saturated rings. The number of aromatic hydroxyl groups is 1. The number of hydrogen-bond donors (Lipinski definition) is 3. The quantitative estimate of drug-likeness (QED) is 0.462. The van der Waals surface area contributed by atoms with E-state index in [4.69, 9.17) is 4.74 Å². The van der Waals surface area contributed by atoms with Crippen molar-refractivity contribution in [1.82, 2.24) is 15.5 Å². The number of carbonyl (C=O) groups is 3. The molecule has 0 aliphatic carbocycles. The summed E-state index contributed by atoms with van der Waals surface area (Å²) in [6, 6.07) is 2.99. The number of amides is 3. The molecule has 8 nitrogen and oxygen atoms in total. The molecule has 8 heteroatoms. The predicted molar refractivity (Wildman–Crippen MR) is 133 cm³/mol. The van der Waals surface area contributed by atoms with Crippen LogP contribution in [0.25, 0.3) is 0 Å². The number of hydrogen-bond acceptors (Lipinski definition) is 5. The van der Waals surface area contributed by atoms with Crippen LogP contribution >= 0.6 is 0 Å². The predicted octanol–water partition coefficient (Wildman–Crippen LogP) is 4.44. The van der Waals surface area contributed by atoms with Crippen LogP contribution in [0.2, 0.25) is 0 Å². The van der Waals surface area contributed by atoms with Crippen LogP contribution in [0.15, 0.2) is 18.2 Å². The monoisotopic (exact) mass is 477 g/mol. The van der Waals surface area contributed by atoms with E-state index in [0.717, 1.165) is 12.8 Å². The Morgan fingerprint density at radius 2 is 1.74 bits per heavy atom. The molecule has 0 saturated carbocycles. The van der Waals surface area contributed by atoms with Crippen LogP contribution in [0.5, 0.6) is 5.75 Å². The Labute approximate surface area is 204 Å². The highest BCUT2D eigenvalue weighted by Crippen LogP contribution is 2.27. The third kappa shape index (κ3) is 8.54. The second-order valence-electron chi connectivity index (χ2n) is 10.1. The highest BCUT2D eigenvalue weighted by atomic mass is 16.6. The summed E-state index contributed by atoms with van der Waals surface area (Å²) in [5.41, 5.74) is 0.469. The average molecular weight is 478 g/mol. The lowest BCUT2D eigenvalue weighted by atomic mass is 9.95. The molecule has 34 heavy (non-hydrogen) atoms. The van der Waals surface area contributed by atoms with Crippen molar-refractivity contribution in [3.8, 4) is 5.75 Å². The highest BCUT2D eigenvalue weighted by Gasteiger charge is 2.36. The molecule has 1 rings (SSSR count). The lowest BCUT2D eigenvalue weighted by Gasteiger charge is -2.34. The number of aryl methyl sites for hydroxylation is 1. The van der Waals surface area contributed by atoms with E-state index in [1.54, 1.807) is 46.9 Å². The third-order valence-electron chi connectivity index (χ3n) is 5.78. The molecule has 1 aromatic carbocycles. The standard InChI is InChI=1S/C26H43N3O5/c1-10-12-18(5)27-23(31)22(19-13-14-20(30)17(4)15-19)29(9)24(32)21(16(3)11-2)28-25(33)34-26(6,7)8/h13-16,18,21-22,30H,10-12H2,1-9H3,(H,27,31)(H,28,33). The van der Waals surface area contributed by atoms with Gasteiger partial charge in [-0.15, -0.1) is 0 Å². The number of rotatable bonds is 10. The number of phenolic OH excluding ortho intramolecular Hbond substituents is 1. The molecule has 0 radical (unpaired) electrons. The Hall–Kier alpha value is -2.77. The van der Waals surface area contributed by atoms with Crippen LogP contribution in [0.3, 0.4) is 0 Å². The van der Waals surface area contributed by atoms with Crippen molar-refractivity contribution in [3.05, 3.63) is 29.3 Å². The second-order valence-corrected chi connectivity index (χ2v) is 10.1. The summed E-state index contributed by atoms with van der Waals surface area (Å²) in [4.78, 5) is 40.9. The minimum Gasteiger partial charge on any atom is -0.508 e. The maximum Gasteiger partial charge on any atom is 0.408 e. The number of benzene rings is 1. The van der Waals surface area contributed by atoms with Gasteiger partial charge in [0.15, 0.2) is 0 Å². The molecule has 0 aliphatic rings. The fraction of sp³-hybridized carbons (Fsp3) is 0.654. The summed E-state index contributed by atoms with van der Waals surface area (Å²) in [6.07, 6.45) is 1.68. The van der Waals surface area contributed by atoms with Crippen LogP contribution in [0, 0.1) is 12.8 Å². The minimum atomic E-state index is -0.932. The van der Waals surface area contributed by atoms with E-state index >= 15 is 0 Å². The molecule has 0 aromatic heterocycles. The fourth-order valence-electron chi connectivity index (χ4n) is 3.69. The maximum absolute atomic E-state index is 13.7. The van der Waals surface area contributed by atoms with E-state index < -0.39 is 29.7 Å². The zero-order chi connectivity index (χ0) is 26.2. The number of ether oxygens (including phenoxy) is 1. The van der Waals surface area contributed by atoms with E-state index in [1.807, 2.05) is 27.7 Å². The highest BCUT2D eigenvalue weighted by molar-refractivity contribution is 5.92. The van der Waals surface area contributed by atoms with Crippen molar-refractivity contribution in [3.63, 3.8) is 0 Å². The largest absolute Gasteiger partial charge is 0.508 e. The molecule has 192 valence electrons. The summed E-state index contributed by atoms with van der Waals surface area (Å²) >= 11 is 0. The Morgan fingerprint density at radius 1 is 1.12 bits per heavy atom. The number of nitrogens with one attached hydrogen (secondary N) is 2. The van der Waals surface area contributed by atoms with Crippen molar-refractivity contribution in [2.75, 3.05) is 7.05 Å². The number of likely N-dealkylation sites (N-methyl/N-ethyl adjacent to an activating group) is 1. The van der Waals surface area contributed by atoms with Gasteiger partial charge in [0.1, 0.15) is 23.4 Å². The summed E-state index contributed by atoms with van der Waals surface area (Å²) < 4.78 is 5.37. The Morgan fingerprint density at radius 3 is 2.24 bits per heavy atom. The SMILES string of the molecule is CCCC(C)NC(=O)C(c1ccc(O)c(C)c1)N(C)C(=O)C(NC(=O)OC(C)(C)C)C(C)CC. The molecule has 4 unspecified atom stereocenters. The summed E-state index contributed by atoms with van der Waals surface area (Å²) in [5, 5.41) is 15.7. The van der Waals surface area contributed by atoms with Gasteiger partial charge in [-0.1, -0.05) is 39.7 Å². The van der Waals surface area contributed by atoms with Gasteiger partial charge < -0.3 is 25.4 Å². The van der Waals surface area contributed by atoms with Crippen LogP contribution in [0.4, 0.5) is 4.79 Å². The van der Waals surface area contributed by atoms with Crippen molar-refractivity contribution >= 4 is 17.9 Å². The molecule has 0 bridgehead atoms. The van der Waals surface area contributed by atoms with Gasteiger partial charge in [-0.25, -0.2) is 4.79 Å². The summed E-state index contributed by atoms with van der Waals surface area (Å²) in [6.45, 7) is 14.8. The molecule has 4 atom stereocenters. The minimum absolute atomic E-state index is 0.0630. The zero-order valence-corrected chi connectivity index (χ0v) is 22.2. The maximum atomic E-state index is 13.7. The zero-order valence-electron chi connectivity index (χ0n) is 22.2. The molecule has 0 spiro atoms. The van der Waals surface area contributed by atoms with Gasteiger partial charge in [0.25, 0.3) is 0 Å². The van der Waals surface area contributed by atoms with Crippen LogP contribution < -0.4 is 10.6 Å². The van der Waals surface area contributed by atoms with Gasteiger partial charge in [-0.2, -0.15) is 0 Å². The van der Waals surface area contributed by atoms with Crippen molar-refractivity contribution < 1.29 is 24.2 Å². The molecule has 3 N–H and O–H groups in total. The average Bonchev–Trinajstić information content (AvgIpc) is 2.72. The molecule has 1 aromatic rings. The molecule has 0 aliphatic heterocycles. The third-order valence-corrected chi connectivity index (χ3v) is 5.78. The summed E-state index contributed by atoms with van der Waals surface area (Å²) in [5.74, 6) is -0.789. The van der Waals surface area contributed by atoms with E-state index in [9.17, 15) is 19.5 Å². The normalized spacial score (nSPS) is 15.0. The van der Waals surface area contributed by atoms with Crippen molar-refractivity contribution in [1.29, 1.82) is 0 Å². The lowest BCUT2D eigenvalue weighted by Crippen LogP contribution is -2.54. The first-order valence-electron chi connectivity index (χ1n) is 12.1. The fourth-order valence-corrected chi connectivity index (χ4v) is 3.69. The van der Waals surface area contributed by atoms with E-state index in [2.05, 4.69) is 10.6 Å². The molecule has 3 amide bonds. The lowest BCUT2D eigenvalue weighted by molar-refractivity contribution is -0.142. The second kappa shape index (κ2) is 12.6. The topological polar surface area (TPSA) is 108 Å². The van der Waals surface area contributed by atoms with Gasteiger partial charge in [0.2, 0.25) is 11.8 Å². The molecular formula is C26H43N3O5. The first kappa shape index (κ1) is 29.3. The van der Waals surface area contributed by atoms with Crippen LogP contribution in [0.1, 0.15) is 84.9 Å². The first-order valence-corrected chi connectivity index (χ1v) is 12.1. The molecule has 0 saturated heterocycles. The first-order chi connectivity index (χ1) is 15.7. The van der Waals surface area contributed by atoms with Crippen LogP contribution in [-0.2, 0) is 14.3 Å². The molecule has 0 heterocycles. The van der Waals surface area contributed by atoms with Gasteiger partial charge in [-0.05, 0) is 70.2 Å². The van der Waals surface area contributed by atoms with Gasteiger partial charge in [0, 0.05) is 13.1 Å². The number of nitrogens with zero attached hydrogens (tertiary/aromatic N) is 1. The van der Waals surface area contributed by atoms with Crippen LogP contribution in [-0.4, -0.2) is 52.6 Å². The smallest absolute Gasteiger partial charge is 0.408 e. The number of phenols is 1.